The van der Waals surface area contributed by atoms with Crippen molar-refractivity contribution in [2.45, 2.75) is 31.8 Å². The summed E-state index contributed by atoms with van der Waals surface area (Å²) < 4.78 is 7.04. The number of aromatic nitrogens is 1. The minimum atomic E-state index is -0.303. The molecule has 1 saturated carbocycles. The summed E-state index contributed by atoms with van der Waals surface area (Å²) in [5.74, 6) is 1.20. The highest BCUT2D eigenvalue weighted by Crippen LogP contribution is 2.31. The van der Waals surface area contributed by atoms with E-state index in [1.807, 2.05) is 4.90 Å². The average molecular weight is 417 g/mol. The molecule has 1 N–H and O–H groups in total. The molecule has 0 radical (unpaired) electrons. The summed E-state index contributed by atoms with van der Waals surface area (Å²) in [7, 11) is 1.64. The van der Waals surface area contributed by atoms with E-state index in [0.29, 0.717) is 24.6 Å². The van der Waals surface area contributed by atoms with Gasteiger partial charge in [-0.15, -0.1) is 0 Å². The third-order valence-corrected chi connectivity index (χ3v) is 6.48. The molecule has 164 valence electrons. The van der Waals surface area contributed by atoms with E-state index in [-0.39, 0.29) is 30.1 Å². The van der Waals surface area contributed by atoms with Crippen LogP contribution in [-0.4, -0.2) is 78.2 Å². The van der Waals surface area contributed by atoms with Crippen molar-refractivity contribution < 1.29 is 14.3 Å². The van der Waals surface area contributed by atoms with E-state index in [0.717, 1.165) is 38.4 Å². The molecule has 2 amide bonds. The Balaban J connectivity index is 1.23. The number of hydrogen-bond acceptors (Lipinski definition) is 5. The lowest BCUT2D eigenvalue weighted by atomic mass is 9.95. The number of morpholine rings is 1. The topological polar surface area (TPSA) is 83.9 Å². The van der Waals surface area contributed by atoms with E-state index in [2.05, 4.69) is 10.2 Å². The van der Waals surface area contributed by atoms with Gasteiger partial charge in [-0.25, -0.2) is 0 Å². The summed E-state index contributed by atoms with van der Waals surface area (Å²) in [6.07, 6.45) is 6.41. The van der Waals surface area contributed by atoms with Crippen LogP contribution in [0.1, 0.15) is 36.0 Å². The van der Waals surface area contributed by atoms with Crippen LogP contribution in [0.3, 0.4) is 0 Å². The highest BCUT2D eigenvalue weighted by Gasteiger charge is 2.31. The molecule has 1 aromatic rings. The van der Waals surface area contributed by atoms with Gasteiger partial charge < -0.3 is 24.4 Å². The van der Waals surface area contributed by atoms with Crippen LogP contribution in [0, 0.1) is 11.8 Å². The van der Waals surface area contributed by atoms with Crippen molar-refractivity contribution in [2.75, 3.05) is 45.9 Å². The lowest BCUT2D eigenvalue weighted by Gasteiger charge is -2.38. The predicted molar refractivity (Wildman–Crippen MR) is 112 cm³/mol. The molecule has 1 atom stereocenters. The molecule has 3 heterocycles. The lowest BCUT2D eigenvalue weighted by Crippen LogP contribution is -2.52. The molecule has 1 aliphatic carbocycles. The Hall–Kier alpha value is -2.19. The fraction of sp³-hybridized carbons (Fsp3) is 0.682. The molecule has 3 aliphatic rings. The molecule has 0 spiro atoms. The van der Waals surface area contributed by atoms with Crippen molar-refractivity contribution in [1.82, 2.24) is 19.7 Å². The van der Waals surface area contributed by atoms with E-state index in [1.165, 1.54) is 30.0 Å². The monoisotopic (exact) mass is 416 g/mol. The van der Waals surface area contributed by atoms with Crippen LogP contribution in [0.25, 0.3) is 0 Å². The number of likely N-dealkylation sites (tertiary alicyclic amines) is 1. The van der Waals surface area contributed by atoms with Gasteiger partial charge in [-0.3, -0.25) is 14.4 Å². The standard InChI is InChI=1S/C22H32N4O4/c1-24-7-6-18(10-20(24)27)22(29)23-11-19-14-26(21(28)15-30-19)13-17-4-8-25(9-5-17)12-16-2-3-16/h6-7,10,16-17,19H,2-5,8-9,11-15H2,1H3,(H,23,29)/t19-/m1/s1. The Labute approximate surface area is 177 Å². The molecule has 0 bridgehead atoms. The Bertz CT molecular complexity index is 827. The second-order valence-electron chi connectivity index (χ2n) is 8.99. The Kier molecular flexibility index (Phi) is 6.53. The van der Waals surface area contributed by atoms with Crippen LogP contribution in [-0.2, 0) is 16.6 Å². The number of piperidine rings is 1. The van der Waals surface area contributed by atoms with E-state index in [9.17, 15) is 14.4 Å². The smallest absolute Gasteiger partial charge is 0.251 e. The highest BCUT2D eigenvalue weighted by atomic mass is 16.5. The van der Waals surface area contributed by atoms with Gasteiger partial charge in [0.25, 0.3) is 11.5 Å². The number of nitrogens with zero attached hydrogens (tertiary/aromatic N) is 3. The Morgan fingerprint density at radius 2 is 1.87 bits per heavy atom. The minimum absolute atomic E-state index is 0.0320. The van der Waals surface area contributed by atoms with Crippen LogP contribution >= 0.6 is 0 Å². The fourth-order valence-electron chi connectivity index (χ4n) is 4.31. The Morgan fingerprint density at radius 1 is 1.13 bits per heavy atom. The summed E-state index contributed by atoms with van der Waals surface area (Å²) in [5, 5.41) is 2.83. The molecule has 8 nitrogen and oxygen atoms in total. The summed E-state index contributed by atoms with van der Waals surface area (Å²) in [5.41, 5.74) is 0.108. The summed E-state index contributed by atoms with van der Waals surface area (Å²) >= 11 is 0. The van der Waals surface area contributed by atoms with Gasteiger partial charge in [-0.1, -0.05) is 0 Å². The van der Waals surface area contributed by atoms with Crippen molar-refractivity contribution in [1.29, 1.82) is 0 Å². The third-order valence-electron chi connectivity index (χ3n) is 6.48. The SMILES string of the molecule is Cn1ccc(C(=O)NC[C@@H]2CN(CC3CCN(CC4CC4)CC3)C(=O)CO2)cc1=O. The van der Waals surface area contributed by atoms with Crippen LogP contribution in [0.15, 0.2) is 23.1 Å². The largest absolute Gasteiger partial charge is 0.365 e. The summed E-state index contributed by atoms with van der Waals surface area (Å²) in [6.45, 7) is 5.17. The van der Waals surface area contributed by atoms with Crippen molar-refractivity contribution in [3.05, 3.63) is 34.2 Å². The van der Waals surface area contributed by atoms with Crippen molar-refractivity contribution in [3.8, 4) is 0 Å². The van der Waals surface area contributed by atoms with Gasteiger partial charge in [0, 0.05) is 51.1 Å². The zero-order chi connectivity index (χ0) is 21.1. The van der Waals surface area contributed by atoms with Gasteiger partial charge in [0.15, 0.2) is 0 Å². The number of carbonyl (C=O) groups excluding carboxylic acids is 2. The van der Waals surface area contributed by atoms with Gasteiger partial charge in [-0.2, -0.15) is 0 Å². The maximum atomic E-state index is 12.3. The Morgan fingerprint density at radius 3 is 2.57 bits per heavy atom. The first-order valence-electron chi connectivity index (χ1n) is 11.0. The van der Waals surface area contributed by atoms with Gasteiger partial charge in [-0.05, 0) is 56.7 Å². The highest BCUT2D eigenvalue weighted by molar-refractivity contribution is 5.94. The van der Waals surface area contributed by atoms with E-state index in [1.54, 1.807) is 19.3 Å². The number of aryl methyl sites for hydroxylation is 1. The first kappa shape index (κ1) is 21.1. The van der Waals surface area contributed by atoms with Gasteiger partial charge in [0.05, 0.1) is 6.10 Å². The number of hydrogen-bond donors (Lipinski definition) is 1. The summed E-state index contributed by atoms with van der Waals surface area (Å²) in [6, 6.07) is 2.94. The zero-order valence-electron chi connectivity index (χ0n) is 17.7. The summed E-state index contributed by atoms with van der Waals surface area (Å²) in [4.78, 5) is 40.8. The molecule has 30 heavy (non-hydrogen) atoms. The molecule has 0 unspecified atom stereocenters. The zero-order valence-corrected chi connectivity index (χ0v) is 17.7. The number of ether oxygens (including phenoxy) is 1. The van der Waals surface area contributed by atoms with Crippen LogP contribution in [0.5, 0.6) is 0 Å². The van der Waals surface area contributed by atoms with Gasteiger partial charge >= 0.3 is 0 Å². The van der Waals surface area contributed by atoms with Gasteiger partial charge in [0.1, 0.15) is 6.61 Å². The second kappa shape index (κ2) is 9.31. The number of amides is 2. The molecule has 0 aromatic carbocycles. The van der Waals surface area contributed by atoms with Crippen molar-refractivity contribution in [2.24, 2.45) is 18.9 Å². The average Bonchev–Trinajstić information content (AvgIpc) is 3.56. The predicted octanol–water partition coefficient (Wildman–Crippen LogP) is 0.465. The maximum Gasteiger partial charge on any atom is 0.251 e. The van der Waals surface area contributed by atoms with Crippen molar-refractivity contribution >= 4 is 11.8 Å². The molecule has 4 rings (SSSR count). The number of pyridine rings is 1. The van der Waals surface area contributed by atoms with Crippen LogP contribution < -0.4 is 10.9 Å². The third kappa shape index (κ3) is 5.49. The minimum Gasteiger partial charge on any atom is -0.365 e. The number of carbonyl (C=O) groups is 2. The molecule has 2 aliphatic heterocycles. The molecule has 3 fully saturated rings. The maximum absolute atomic E-state index is 12.3. The molecular weight excluding hydrogens is 384 g/mol. The number of nitrogens with one attached hydrogen (secondary N) is 1. The fourth-order valence-corrected chi connectivity index (χ4v) is 4.31. The number of rotatable bonds is 7. The normalized spacial score (nSPS) is 23.6. The van der Waals surface area contributed by atoms with Crippen molar-refractivity contribution in [3.63, 3.8) is 0 Å². The molecule has 8 heteroatoms. The second-order valence-corrected chi connectivity index (χ2v) is 8.99. The first-order valence-corrected chi connectivity index (χ1v) is 11.0. The molecular formula is C22H32N4O4. The van der Waals surface area contributed by atoms with Crippen LogP contribution in [0.2, 0.25) is 0 Å². The van der Waals surface area contributed by atoms with E-state index < -0.39 is 0 Å². The lowest BCUT2D eigenvalue weighted by molar-refractivity contribution is -0.149. The van der Waals surface area contributed by atoms with E-state index in [4.69, 9.17) is 4.74 Å². The van der Waals surface area contributed by atoms with Gasteiger partial charge in [0.2, 0.25) is 5.91 Å². The molecule has 2 saturated heterocycles. The van der Waals surface area contributed by atoms with Crippen LogP contribution in [0.4, 0.5) is 0 Å². The molecule has 1 aromatic heterocycles. The quantitative estimate of drug-likeness (QED) is 0.698. The van der Waals surface area contributed by atoms with E-state index >= 15 is 0 Å². The first-order chi connectivity index (χ1) is 14.5.